The number of amides is 3. The van der Waals surface area contributed by atoms with Crippen LogP contribution in [0.25, 0.3) is 0 Å². The highest BCUT2D eigenvalue weighted by molar-refractivity contribution is 6.06. The predicted molar refractivity (Wildman–Crippen MR) is 66.9 cm³/mol. The molecule has 3 N–H and O–H groups in total. The van der Waals surface area contributed by atoms with E-state index in [1.165, 1.54) is 0 Å². The monoisotopic (exact) mass is 279 g/mol. The number of imide groups is 1. The molecule has 0 unspecified atom stereocenters. The van der Waals surface area contributed by atoms with E-state index in [0.717, 1.165) is 17.0 Å². The van der Waals surface area contributed by atoms with E-state index >= 15 is 0 Å². The van der Waals surface area contributed by atoms with Crippen molar-refractivity contribution < 1.29 is 21.5 Å². The first-order chi connectivity index (χ1) is 10.2. The lowest BCUT2D eigenvalue weighted by atomic mass is 10.0. The molecule has 7 heteroatoms. The number of hydrogen-bond donors (Lipinski definition) is 2. The Labute approximate surface area is 116 Å². The molecule has 1 fully saturated rings. The number of nitrogen functional groups attached to an aromatic ring is 1. The highest BCUT2D eigenvalue weighted by Crippen LogP contribution is 2.31. The van der Waals surface area contributed by atoms with Gasteiger partial charge in [0.1, 0.15) is 11.9 Å². The van der Waals surface area contributed by atoms with Crippen LogP contribution in [0, 0.1) is 5.82 Å². The Morgan fingerprint density at radius 1 is 1.40 bits per heavy atom. The number of piperidine rings is 1. The van der Waals surface area contributed by atoms with E-state index in [1.807, 2.05) is 0 Å². The topological polar surface area (TPSA) is 92.5 Å². The fourth-order valence-electron chi connectivity index (χ4n) is 2.37. The van der Waals surface area contributed by atoms with Crippen LogP contribution in [0.2, 0.25) is 0 Å². The van der Waals surface area contributed by atoms with Crippen molar-refractivity contribution in [1.29, 1.82) is 0 Å². The van der Waals surface area contributed by atoms with Crippen molar-refractivity contribution in [3.8, 4) is 0 Å². The Morgan fingerprint density at radius 2 is 2.15 bits per heavy atom. The SMILES string of the molecule is [2H]C1([2H])c2c(N)cc(F)cc2C(=O)N1[C@@H]1CCC(=O)NC1=O. The molecule has 0 aliphatic carbocycles. The average molecular weight is 279 g/mol. The number of carbonyl (C=O) groups excluding carboxylic acids is 3. The first-order valence-electron chi connectivity index (χ1n) is 7.00. The second-order valence-electron chi connectivity index (χ2n) is 4.67. The van der Waals surface area contributed by atoms with Gasteiger partial charge in [-0.05, 0) is 18.6 Å². The number of nitrogens with two attached hydrogens (primary N) is 1. The Morgan fingerprint density at radius 3 is 2.85 bits per heavy atom. The van der Waals surface area contributed by atoms with Gasteiger partial charge < -0.3 is 10.6 Å². The molecule has 0 bridgehead atoms. The zero-order valence-electron chi connectivity index (χ0n) is 12.3. The molecule has 0 saturated carbocycles. The fraction of sp³-hybridized carbons (Fsp3) is 0.308. The molecule has 6 nitrogen and oxygen atoms in total. The number of nitrogens with zero attached hydrogens (tertiary/aromatic N) is 1. The molecule has 2 heterocycles. The van der Waals surface area contributed by atoms with Gasteiger partial charge in [0.15, 0.2) is 0 Å². The van der Waals surface area contributed by atoms with Gasteiger partial charge in [0, 0.05) is 29.7 Å². The number of halogens is 1. The van der Waals surface area contributed by atoms with Crippen LogP contribution in [0.5, 0.6) is 0 Å². The second-order valence-corrected chi connectivity index (χ2v) is 4.67. The van der Waals surface area contributed by atoms with Crippen LogP contribution >= 0.6 is 0 Å². The molecule has 0 aromatic heterocycles. The maximum atomic E-state index is 13.4. The van der Waals surface area contributed by atoms with Gasteiger partial charge in [0.25, 0.3) is 5.91 Å². The van der Waals surface area contributed by atoms with E-state index in [1.54, 1.807) is 0 Å². The van der Waals surface area contributed by atoms with Crippen LogP contribution in [-0.2, 0) is 16.1 Å². The van der Waals surface area contributed by atoms with Crippen molar-refractivity contribution in [1.82, 2.24) is 10.2 Å². The van der Waals surface area contributed by atoms with Crippen molar-refractivity contribution in [2.24, 2.45) is 0 Å². The maximum Gasteiger partial charge on any atom is 0.255 e. The van der Waals surface area contributed by atoms with E-state index in [4.69, 9.17) is 8.48 Å². The Kier molecular flexibility index (Phi) is 2.22. The van der Waals surface area contributed by atoms with E-state index < -0.39 is 36.1 Å². The largest absolute Gasteiger partial charge is 0.398 e. The molecule has 20 heavy (non-hydrogen) atoms. The normalized spacial score (nSPS) is 25.9. The van der Waals surface area contributed by atoms with Crippen LogP contribution in [0.3, 0.4) is 0 Å². The summed E-state index contributed by atoms with van der Waals surface area (Å²) in [4.78, 5) is 36.3. The van der Waals surface area contributed by atoms with E-state index in [0.29, 0.717) is 0 Å². The van der Waals surface area contributed by atoms with Crippen LogP contribution < -0.4 is 11.1 Å². The number of anilines is 1. The number of benzene rings is 1. The van der Waals surface area contributed by atoms with Crippen LogP contribution in [0.4, 0.5) is 10.1 Å². The van der Waals surface area contributed by atoms with Crippen molar-refractivity contribution in [3.63, 3.8) is 0 Å². The third kappa shape index (κ3) is 1.82. The molecule has 3 amide bonds. The van der Waals surface area contributed by atoms with Crippen LogP contribution in [0.1, 0.15) is 31.5 Å². The van der Waals surface area contributed by atoms with Gasteiger partial charge in [-0.1, -0.05) is 0 Å². The quantitative estimate of drug-likeness (QED) is 0.566. The number of nitrogens with one attached hydrogen (secondary N) is 1. The van der Waals surface area contributed by atoms with Crippen molar-refractivity contribution >= 4 is 23.4 Å². The standard InChI is InChI=1S/C13H12FN3O3/c14-6-3-7-8(9(15)4-6)5-17(13(7)20)10-1-2-11(18)16-12(10)19/h3-4,10H,1-2,5,15H2,(H,16,18,19)/t10-/m1/s1/i5D2. The highest BCUT2D eigenvalue weighted by atomic mass is 19.1. The van der Waals surface area contributed by atoms with Gasteiger partial charge in [-0.2, -0.15) is 0 Å². The smallest absolute Gasteiger partial charge is 0.255 e. The minimum Gasteiger partial charge on any atom is -0.398 e. The Balaban J connectivity index is 2.08. The number of rotatable bonds is 1. The molecule has 1 saturated heterocycles. The average Bonchev–Trinajstić information content (AvgIpc) is 2.58. The molecule has 104 valence electrons. The number of carbonyl (C=O) groups is 3. The number of fused-ring (bicyclic) bond motifs is 1. The molecule has 1 atom stereocenters. The minimum atomic E-state index is -2.35. The lowest BCUT2D eigenvalue weighted by Crippen LogP contribution is -2.52. The second kappa shape index (κ2) is 4.29. The van der Waals surface area contributed by atoms with E-state index in [-0.39, 0.29) is 29.7 Å². The summed E-state index contributed by atoms with van der Waals surface area (Å²) in [5.41, 5.74) is 5.10. The van der Waals surface area contributed by atoms with Gasteiger partial charge in [-0.3, -0.25) is 19.7 Å². The predicted octanol–water partition coefficient (Wildman–Crippen LogP) is 0.169. The Bertz CT molecular complexity index is 723. The fourth-order valence-corrected chi connectivity index (χ4v) is 2.37. The summed E-state index contributed by atoms with van der Waals surface area (Å²) >= 11 is 0. The molecule has 1 aromatic rings. The van der Waals surface area contributed by atoms with Gasteiger partial charge >= 0.3 is 0 Å². The highest BCUT2D eigenvalue weighted by Gasteiger charge is 2.39. The molecule has 1 aromatic carbocycles. The third-order valence-corrected chi connectivity index (χ3v) is 3.34. The van der Waals surface area contributed by atoms with E-state index in [2.05, 4.69) is 5.32 Å². The zero-order valence-corrected chi connectivity index (χ0v) is 10.3. The van der Waals surface area contributed by atoms with Crippen molar-refractivity contribution in [2.45, 2.75) is 25.4 Å². The Hall–Kier alpha value is -2.44. The lowest BCUT2D eigenvalue weighted by molar-refractivity contribution is -0.136. The summed E-state index contributed by atoms with van der Waals surface area (Å²) in [6, 6.07) is 0.686. The maximum absolute atomic E-state index is 13.4. The summed E-state index contributed by atoms with van der Waals surface area (Å²) in [5, 5.41) is 2.07. The summed E-state index contributed by atoms with van der Waals surface area (Å²) in [6.07, 6.45) is 0.00273. The molecule has 0 radical (unpaired) electrons. The van der Waals surface area contributed by atoms with Gasteiger partial charge in [-0.15, -0.1) is 0 Å². The molecule has 2 aliphatic heterocycles. The number of hydrogen-bond acceptors (Lipinski definition) is 4. The van der Waals surface area contributed by atoms with Crippen LogP contribution in [0.15, 0.2) is 12.1 Å². The lowest BCUT2D eigenvalue weighted by Gasteiger charge is -2.29. The summed E-state index contributed by atoms with van der Waals surface area (Å²) in [6.45, 7) is -2.35. The zero-order chi connectivity index (χ0) is 16.2. The third-order valence-electron chi connectivity index (χ3n) is 3.34. The van der Waals surface area contributed by atoms with Gasteiger partial charge in [0.05, 0.1) is 2.74 Å². The van der Waals surface area contributed by atoms with Crippen molar-refractivity contribution in [2.75, 3.05) is 5.73 Å². The first-order valence-corrected chi connectivity index (χ1v) is 6.00. The van der Waals surface area contributed by atoms with Crippen molar-refractivity contribution in [3.05, 3.63) is 29.1 Å². The molecular weight excluding hydrogens is 265 g/mol. The summed E-state index contributed by atoms with van der Waals surface area (Å²) in [7, 11) is 0. The molecule has 3 rings (SSSR count). The first kappa shape index (κ1) is 10.4. The van der Waals surface area contributed by atoms with E-state index in [9.17, 15) is 18.8 Å². The molecule has 0 spiro atoms. The van der Waals surface area contributed by atoms with Gasteiger partial charge in [-0.25, -0.2) is 4.39 Å². The molecule has 2 aliphatic rings. The summed E-state index contributed by atoms with van der Waals surface area (Å²) in [5.74, 6) is -2.80. The summed E-state index contributed by atoms with van der Waals surface area (Å²) < 4.78 is 29.7. The van der Waals surface area contributed by atoms with Gasteiger partial charge in [0.2, 0.25) is 11.8 Å². The van der Waals surface area contributed by atoms with Crippen LogP contribution in [-0.4, -0.2) is 28.7 Å². The minimum absolute atomic E-state index is 0.00352. The molecular formula is C13H12FN3O3.